The molecule has 3 saturated carbocycles. The maximum Gasteiger partial charge on any atom is 0.509 e. The fourth-order valence-corrected chi connectivity index (χ4v) is 8.33. The topological polar surface area (TPSA) is 110 Å². The van der Waals surface area contributed by atoms with Crippen LogP contribution in [-0.2, 0) is 19.1 Å². The van der Waals surface area contributed by atoms with Crippen molar-refractivity contribution >= 4 is 17.7 Å². The third-order valence-electron chi connectivity index (χ3n) is 9.42. The molecule has 0 aromatic heterocycles. The van der Waals surface area contributed by atoms with E-state index in [9.17, 15) is 24.6 Å². The highest BCUT2D eigenvalue weighted by atomic mass is 16.7. The predicted octanol–water partition coefficient (Wildman–Crippen LogP) is 3.23. The number of aliphatic hydroxyl groups is 2. The van der Waals surface area contributed by atoms with Crippen molar-refractivity contribution in [2.45, 2.75) is 65.6 Å². The number of carbonyl (C=O) groups is 3. The highest BCUT2D eigenvalue weighted by Crippen LogP contribution is 2.69. The molecule has 4 aliphatic rings. The van der Waals surface area contributed by atoms with Gasteiger partial charge in [0.15, 0.2) is 11.4 Å². The number of fused-ring (bicyclic) bond motifs is 5. The molecule has 4 rings (SSSR count). The van der Waals surface area contributed by atoms with Gasteiger partial charge >= 0.3 is 6.16 Å². The molecule has 0 spiro atoms. The molecule has 0 amide bonds. The second-order valence-electron chi connectivity index (χ2n) is 11.0. The first-order chi connectivity index (χ1) is 15.5. The van der Waals surface area contributed by atoms with Gasteiger partial charge in [-0.2, -0.15) is 0 Å². The molecule has 0 aromatic carbocycles. The summed E-state index contributed by atoms with van der Waals surface area (Å²) in [5.41, 5.74) is -1.81. The first-order valence-corrected chi connectivity index (χ1v) is 12.1. The van der Waals surface area contributed by atoms with Crippen LogP contribution in [0, 0.1) is 40.4 Å². The summed E-state index contributed by atoms with van der Waals surface area (Å²) in [6.07, 6.45) is 5.25. The molecule has 0 saturated heterocycles. The molecule has 0 radical (unpaired) electrons. The zero-order valence-corrected chi connectivity index (χ0v) is 20.2. The zero-order valence-electron chi connectivity index (χ0n) is 20.2. The van der Waals surface area contributed by atoms with Gasteiger partial charge in [-0.05, 0) is 56.1 Å². The van der Waals surface area contributed by atoms with E-state index in [0.717, 1.165) is 12.0 Å². The minimum absolute atomic E-state index is 0.00215. The van der Waals surface area contributed by atoms with Crippen LogP contribution in [0.5, 0.6) is 0 Å². The van der Waals surface area contributed by atoms with E-state index in [2.05, 4.69) is 13.8 Å². The normalized spacial score (nSPS) is 46.0. The average molecular weight is 461 g/mol. The zero-order chi connectivity index (χ0) is 24.3. The Balaban J connectivity index is 1.81. The van der Waals surface area contributed by atoms with Gasteiger partial charge < -0.3 is 19.7 Å². The SMILES string of the molecule is CCOC(=O)O[C@]1(C(=O)CO)[C@H](C)C[C@H]2[C@@H]3C[C@H](C)C4=CC(=O)C=C[C@]4(C)[C@H]3C(O)C[C@@]21C. The monoisotopic (exact) mass is 460 g/mol. The minimum Gasteiger partial charge on any atom is -0.435 e. The molecule has 0 heterocycles. The Kier molecular flexibility index (Phi) is 5.89. The number of aliphatic hydroxyl groups excluding tert-OH is 2. The lowest BCUT2D eigenvalue weighted by atomic mass is 9.44. The molecule has 1 unspecified atom stereocenters. The number of hydrogen-bond acceptors (Lipinski definition) is 7. The molecule has 0 aromatic rings. The van der Waals surface area contributed by atoms with Crippen LogP contribution in [0.2, 0.25) is 0 Å². The fraction of sp³-hybridized carbons (Fsp3) is 0.731. The van der Waals surface area contributed by atoms with E-state index >= 15 is 0 Å². The summed E-state index contributed by atoms with van der Waals surface area (Å²) in [7, 11) is 0. The van der Waals surface area contributed by atoms with Gasteiger partial charge in [-0.1, -0.05) is 39.3 Å². The second-order valence-corrected chi connectivity index (χ2v) is 11.0. The van der Waals surface area contributed by atoms with Crippen molar-refractivity contribution < 1.29 is 34.1 Å². The van der Waals surface area contributed by atoms with Gasteiger partial charge in [-0.3, -0.25) is 9.59 Å². The smallest absolute Gasteiger partial charge is 0.435 e. The van der Waals surface area contributed by atoms with Crippen LogP contribution in [0.4, 0.5) is 4.79 Å². The Morgan fingerprint density at radius 2 is 1.91 bits per heavy atom. The summed E-state index contributed by atoms with van der Waals surface area (Å²) in [5.74, 6) is -0.814. The summed E-state index contributed by atoms with van der Waals surface area (Å²) in [4.78, 5) is 37.9. The molecule has 33 heavy (non-hydrogen) atoms. The minimum atomic E-state index is -1.57. The predicted molar refractivity (Wildman–Crippen MR) is 120 cm³/mol. The van der Waals surface area contributed by atoms with Crippen molar-refractivity contribution in [2.24, 2.45) is 40.4 Å². The van der Waals surface area contributed by atoms with Crippen molar-refractivity contribution in [3.8, 4) is 0 Å². The first-order valence-electron chi connectivity index (χ1n) is 12.1. The lowest BCUT2D eigenvalue weighted by Crippen LogP contribution is -2.64. The highest BCUT2D eigenvalue weighted by molar-refractivity contribution is 6.01. The van der Waals surface area contributed by atoms with Crippen molar-refractivity contribution in [3.05, 3.63) is 23.8 Å². The largest absolute Gasteiger partial charge is 0.509 e. The number of allylic oxidation sites excluding steroid dienone is 4. The number of rotatable bonds is 4. The third-order valence-corrected chi connectivity index (χ3v) is 9.42. The maximum absolute atomic E-state index is 13.3. The quantitative estimate of drug-likeness (QED) is 0.620. The molecule has 7 heteroatoms. The summed E-state index contributed by atoms with van der Waals surface area (Å²) < 4.78 is 10.9. The van der Waals surface area contributed by atoms with Gasteiger partial charge in [0.05, 0.1) is 12.7 Å². The van der Waals surface area contributed by atoms with Crippen LogP contribution in [0.25, 0.3) is 0 Å². The fourth-order valence-electron chi connectivity index (χ4n) is 8.33. The second kappa shape index (κ2) is 8.05. The number of carbonyl (C=O) groups excluding carboxylic acids is 3. The lowest BCUT2D eigenvalue weighted by molar-refractivity contribution is -0.190. The van der Waals surface area contributed by atoms with E-state index in [4.69, 9.17) is 9.47 Å². The summed E-state index contributed by atoms with van der Waals surface area (Å²) in [6, 6.07) is 0. The number of hydrogen-bond donors (Lipinski definition) is 2. The third kappa shape index (κ3) is 3.18. The molecule has 7 nitrogen and oxygen atoms in total. The molecule has 0 aliphatic heterocycles. The van der Waals surface area contributed by atoms with Crippen LogP contribution < -0.4 is 0 Å². The van der Waals surface area contributed by atoms with Crippen molar-refractivity contribution in [1.82, 2.24) is 0 Å². The van der Waals surface area contributed by atoms with Crippen LogP contribution in [0.1, 0.15) is 53.9 Å². The van der Waals surface area contributed by atoms with E-state index in [0.29, 0.717) is 6.42 Å². The highest BCUT2D eigenvalue weighted by Gasteiger charge is 2.73. The average Bonchev–Trinajstić information content (AvgIpc) is 2.96. The van der Waals surface area contributed by atoms with E-state index in [-0.39, 0.29) is 48.4 Å². The lowest BCUT2D eigenvalue weighted by Gasteiger charge is -2.61. The van der Waals surface area contributed by atoms with Crippen LogP contribution in [-0.4, -0.2) is 52.9 Å². The molecular weight excluding hydrogens is 424 g/mol. The molecule has 2 N–H and O–H groups in total. The Labute approximate surface area is 195 Å². The Hall–Kier alpha value is -1.99. The number of ether oxygens (including phenoxy) is 2. The molecule has 182 valence electrons. The van der Waals surface area contributed by atoms with Crippen molar-refractivity contribution in [1.29, 1.82) is 0 Å². The van der Waals surface area contributed by atoms with E-state index in [1.807, 2.05) is 19.9 Å². The van der Waals surface area contributed by atoms with Gasteiger partial charge in [0.1, 0.15) is 6.61 Å². The standard InChI is InChI=1S/C26H36O7/c1-6-32-23(31)33-26(21(30)13-27)15(3)10-19-17-9-14(2)18-11-16(28)7-8-24(18,4)22(17)20(29)12-25(19,26)5/h7-8,11,14-15,17,19-20,22,27,29H,6,9-10,12-13H2,1-5H3/t14-,15+,17-,19-,20?,22+,24-,25-,26-/m0/s1. The Bertz CT molecular complexity index is 922. The molecule has 0 bridgehead atoms. The van der Waals surface area contributed by atoms with Crippen molar-refractivity contribution in [3.63, 3.8) is 0 Å². The van der Waals surface area contributed by atoms with Crippen LogP contribution >= 0.6 is 0 Å². The van der Waals surface area contributed by atoms with Gasteiger partial charge in [0, 0.05) is 22.7 Å². The Morgan fingerprint density at radius 3 is 2.55 bits per heavy atom. The summed E-state index contributed by atoms with van der Waals surface area (Å²) in [5, 5.41) is 21.5. The van der Waals surface area contributed by atoms with Gasteiger partial charge in [0.25, 0.3) is 0 Å². The van der Waals surface area contributed by atoms with Gasteiger partial charge in [-0.25, -0.2) is 4.79 Å². The van der Waals surface area contributed by atoms with Gasteiger partial charge in [0.2, 0.25) is 5.78 Å². The van der Waals surface area contributed by atoms with E-state index in [1.54, 1.807) is 19.1 Å². The van der Waals surface area contributed by atoms with Crippen LogP contribution in [0.3, 0.4) is 0 Å². The van der Waals surface area contributed by atoms with Crippen molar-refractivity contribution in [2.75, 3.05) is 13.2 Å². The van der Waals surface area contributed by atoms with E-state index < -0.39 is 41.1 Å². The molecule has 4 aliphatic carbocycles. The molecule has 9 atom stereocenters. The number of Topliss-reactive ketones (excluding diaryl/α,β-unsaturated/α-hetero) is 1. The summed E-state index contributed by atoms with van der Waals surface area (Å²) in [6.45, 7) is 9.05. The Morgan fingerprint density at radius 1 is 1.21 bits per heavy atom. The summed E-state index contributed by atoms with van der Waals surface area (Å²) >= 11 is 0. The van der Waals surface area contributed by atoms with Crippen LogP contribution in [0.15, 0.2) is 23.8 Å². The first kappa shape index (κ1) is 24.1. The maximum atomic E-state index is 13.3. The van der Waals surface area contributed by atoms with E-state index in [1.165, 1.54) is 0 Å². The van der Waals surface area contributed by atoms with Gasteiger partial charge in [-0.15, -0.1) is 0 Å². The number of ketones is 2. The molecule has 3 fully saturated rings. The molecular formula is C26H36O7.